The molecule has 2 aromatic carbocycles. The number of anilines is 1. The molecule has 1 atom stereocenters. The highest BCUT2D eigenvalue weighted by atomic mass is 127. The van der Waals surface area contributed by atoms with Gasteiger partial charge in [0.2, 0.25) is 0 Å². The van der Waals surface area contributed by atoms with E-state index in [4.69, 9.17) is 9.47 Å². The summed E-state index contributed by atoms with van der Waals surface area (Å²) in [6, 6.07) is 9.59. The number of fused-ring (bicyclic) bond motifs is 1. The van der Waals surface area contributed by atoms with E-state index in [0.29, 0.717) is 37.8 Å². The van der Waals surface area contributed by atoms with Crippen molar-refractivity contribution in [1.29, 1.82) is 0 Å². The molecule has 1 fully saturated rings. The fourth-order valence-corrected chi connectivity index (χ4v) is 6.56. The Bertz CT molecular complexity index is 1110. The normalized spacial score (nSPS) is 19.4. The van der Waals surface area contributed by atoms with E-state index in [9.17, 15) is 18.3 Å². The second-order valence-corrected chi connectivity index (χ2v) is 11.4. The van der Waals surface area contributed by atoms with Crippen LogP contribution >= 0.6 is 22.6 Å². The van der Waals surface area contributed by atoms with Crippen molar-refractivity contribution in [2.45, 2.75) is 43.5 Å². The number of hydrogen-bond donors (Lipinski definition) is 1. The number of aromatic carboxylic acids is 1. The van der Waals surface area contributed by atoms with E-state index in [0.717, 1.165) is 28.4 Å². The first-order valence-corrected chi connectivity index (χ1v) is 13.2. The molecule has 0 spiro atoms. The second-order valence-electron chi connectivity index (χ2n) is 8.29. The fourth-order valence-electron chi connectivity index (χ4n) is 4.25. The van der Waals surface area contributed by atoms with Crippen LogP contribution in [0.1, 0.15) is 42.1 Å². The van der Waals surface area contributed by atoms with Crippen molar-refractivity contribution in [2.24, 2.45) is 5.92 Å². The van der Waals surface area contributed by atoms with Crippen molar-refractivity contribution < 1.29 is 27.8 Å². The summed E-state index contributed by atoms with van der Waals surface area (Å²) in [4.78, 5) is 11.9. The SMILES string of the molecule is CC1CCc2cc(I)ccc2N1S(=O)(=O)c1ccc(OCC2CCOCC2)c(C(=O)O)c1. The predicted octanol–water partition coefficient (Wildman–Crippen LogP) is 4.32. The molecule has 0 aliphatic carbocycles. The molecule has 0 aromatic heterocycles. The van der Waals surface area contributed by atoms with Crippen LogP contribution in [0.15, 0.2) is 41.3 Å². The van der Waals surface area contributed by atoms with E-state index in [1.165, 1.54) is 22.5 Å². The minimum atomic E-state index is -3.95. The molecule has 172 valence electrons. The van der Waals surface area contributed by atoms with Crippen LogP contribution < -0.4 is 9.04 Å². The van der Waals surface area contributed by atoms with Crippen molar-refractivity contribution in [1.82, 2.24) is 0 Å². The summed E-state index contributed by atoms with van der Waals surface area (Å²) in [5, 5.41) is 9.73. The van der Waals surface area contributed by atoms with Gasteiger partial charge in [-0.05, 0) is 103 Å². The van der Waals surface area contributed by atoms with E-state index in [1.807, 2.05) is 25.1 Å². The first-order valence-electron chi connectivity index (χ1n) is 10.7. The van der Waals surface area contributed by atoms with Crippen LogP contribution in [-0.4, -0.2) is 45.4 Å². The Hall–Kier alpha value is -1.85. The molecule has 2 aliphatic heterocycles. The maximum Gasteiger partial charge on any atom is 0.339 e. The maximum atomic E-state index is 13.6. The Labute approximate surface area is 201 Å². The van der Waals surface area contributed by atoms with Crippen LogP contribution in [-0.2, 0) is 21.2 Å². The first kappa shape index (κ1) is 23.3. The number of carbonyl (C=O) groups is 1. The molecule has 32 heavy (non-hydrogen) atoms. The molecule has 4 rings (SSSR count). The minimum absolute atomic E-state index is 0.0495. The lowest BCUT2D eigenvalue weighted by Crippen LogP contribution is -2.42. The Morgan fingerprint density at radius 1 is 1.19 bits per heavy atom. The zero-order valence-electron chi connectivity index (χ0n) is 17.8. The summed E-state index contributed by atoms with van der Waals surface area (Å²) < 4.78 is 40.8. The molecular weight excluding hydrogens is 545 g/mol. The smallest absolute Gasteiger partial charge is 0.339 e. The van der Waals surface area contributed by atoms with Crippen molar-refractivity contribution in [3.05, 3.63) is 51.1 Å². The van der Waals surface area contributed by atoms with E-state index >= 15 is 0 Å². The molecule has 1 unspecified atom stereocenters. The lowest BCUT2D eigenvalue weighted by molar-refractivity contribution is 0.0490. The molecular formula is C23H26INO6S. The number of nitrogens with zero attached hydrogens (tertiary/aromatic N) is 1. The number of rotatable bonds is 6. The zero-order chi connectivity index (χ0) is 22.9. The van der Waals surface area contributed by atoms with E-state index < -0.39 is 16.0 Å². The summed E-state index contributed by atoms with van der Waals surface area (Å²) >= 11 is 2.22. The standard InChI is InChI=1S/C23H26INO6S/c1-15-2-3-17-12-18(24)4-6-21(17)25(15)32(28,29)19-5-7-22(20(13-19)23(26)27)31-14-16-8-10-30-11-9-16/h4-7,12-13,15-16H,2-3,8-11,14H2,1H3,(H,26,27). The van der Waals surface area contributed by atoms with Gasteiger partial charge in [-0.25, -0.2) is 13.2 Å². The molecule has 7 nitrogen and oxygen atoms in total. The largest absolute Gasteiger partial charge is 0.492 e. The molecule has 0 saturated carbocycles. The highest BCUT2D eigenvalue weighted by Gasteiger charge is 2.34. The first-order chi connectivity index (χ1) is 15.3. The van der Waals surface area contributed by atoms with Crippen molar-refractivity contribution >= 4 is 44.3 Å². The Morgan fingerprint density at radius 3 is 2.66 bits per heavy atom. The Balaban J connectivity index is 1.65. The van der Waals surface area contributed by atoms with Crippen molar-refractivity contribution in [2.75, 3.05) is 24.1 Å². The predicted molar refractivity (Wildman–Crippen MR) is 129 cm³/mol. The van der Waals surface area contributed by atoms with Crippen LogP contribution in [0.3, 0.4) is 0 Å². The van der Waals surface area contributed by atoms with Crippen LogP contribution in [0, 0.1) is 9.49 Å². The van der Waals surface area contributed by atoms with Gasteiger partial charge in [-0.2, -0.15) is 0 Å². The molecule has 1 N–H and O–H groups in total. The molecule has 0 bridgehead atoms. The van der Waals surface area contributed by atoms with Crippen molar-refractivity contribution in [3.8, 4) is 5.75 Å². The average Bonchev–Trinajstić information content (AvgIpc) is 2.78. The van der Waals surface area contributed by atoms with Gasteiger partial charge in [-0.15, -0.1) is 0 Å². The summed E-state index contributed by atoms with van der Waals surface area (Å²) in [6.45, 7) is 3.60. The second kappa shape index (κ2) is 9.56. The fraction of sp³-hybridized carbons (Fsp3) is 0.435. The van der Waals surface area contributed by atoms with Gasteiger partial charge in [0, 0.05) is 22.8 Å². The number of carboxylic acids is 1. The number of benzene rings is 2. The Kier molecular flexibility index (Phi) is 6.97. The maximum absolute atomic E-state index is 13.6. The number of ether oxygens (including phenoxy) is 2. The summed E-state index contributed by atoms with van der Waals surface area (Å²) in [5.74, 6) is -0.738. The third kappa shape index (κ3) is 4.74. The van der Waals surface area contributed by atoms with Gasteiger partial charge in [0.25, 0.3) is 10.0 Å². The quantitative estimate of drug-likeness (QED) is 0.520. The van der Waals surface area contributed by atoms with Gasteiger partial charge in [0.15, 0.2) is 0 Å². The lowest BCUT2D eigenvalue weighted by atomic mass is 9.99. The number of hydrogen-bond acceptors (Lipinski definition) is 5. The number of sulfonamides is 1. The highest BCUT2D eigenvalue weighted by molar-refractivity contribution is 14.1. The molecule has 1 saturated heterocycles. The molecule has 9 heteroatoms. The van der Waals surface area contributed by atoms with Crippen molar-refractivity contribution in [3.63, 3.8) is 0 Å². The zero-order valence-corrected chi connectivity index (χ0v) is 20.8. The monoisotopic (exact) mass is 571 g/mol. The van der Waals surface area contributed by atoms with Gasteiger partial charge >= 0.3 is 5.97 Å². The molecule has 2 heterocycles. The summed E-state index contributed by atoms with van der Waals surface area (Å²) in [6.07, 6.45) is 3.23. The number of aryl methyl sites for hydroxylation is 1. The highest BCUT2D eigenvalue weighted by Crippen LogP contribution is 2.37. The average molecular weight is 571 g/mol. The topological polar surface area (TPSA) is 93.1 Å². The Morgan fingerprint density at radius 2 is 1.94 bits per heavy atom. The van der Waals surface area contributed by atoms with Gasteiger partial charge in [-0.3, -0.25) is 4.31 Å². The van der Waals surface area contributed by atoms with Gasteiger partial charge < -0.3 is 14.6 Å². The van der Waals surface area contributed by atoms with Crippen LogP contribution in [0.25, 0.3) is 0 Å². The summed E-state index contributed by atoms with van der Waals surface area (Å²) in [7, 11) is -3.95. The third-order valence-electron chi connectivity index (χ3n) is 6.06. The summed E-state index contributed by atoms with van der Waals surface area (Å²) in [5.41, 5.74) is 1.49. The van der Waals surface area contributed by atoms with Gasteiger partial charge in [-0.1, -0.05) is 0 Å². The van der Waals surface area contributed by atoms with E-state index in [-0.39, 0.29) is 22.3 Å². The van der Waals surface area contributed by atoms with E-state index in [1.54, 1.807) is 0 Å². The van der Waals surface area contributed by atoms with Crippen LogP contribution in [0.2, 0.25) is 0 Å². The van der Waals surface area contributed by atoms with Crippen LogP contribution in [0.5, 0.6) is 5.75 Å². The molecule has 0 radical (unpaired) electrons. The van der Waals surface area contributed by atoms with Gasteiger partial charge in [0.05, 0.1) is 17.2 Å². The molecule has 2 aromatic rings. The molecule has 0 amide bonds. The van der Waals surface area contributed by atoms with Gasteiger partial charge in [0.1, 0.15) is 11.3 Å². The number of carboxylic acid groups (broad SMARTS) is 1. The molecule has 2 aliphatic rings. The lowest BCUT2D eigenvalue weighted by Gasteiger charge is -2.36. The van der Waals surface area contributed by atoms with Crippen LogP contribution in [0.4, 0.5) is 5.69 Å². The van der Waals surface area contributed by atoms with E-state index in [2.05, 4.69) is 22.6 Å². The third-order valence-corrected chi connectivity index (χ3v) is 8.66. The number of halogens is 1. The minimum Gasteiger partial charge on any atom is -0.492 e.